The number of likely N-dealkylation sites (N-methyl/N-ethyl adjacent to an activating group) is 4. The predicted molar refractivity (Wildman–Crippen MR) is 97.6 cm³/mol. The summed E-state index contributed by atoms with van der Waals surface area (Å²) >= 11 is 0. The van der Waals surface area contributed by atoms with E-state index in [1.54, 1.807) is 0 Å². The topological polar surface area (TPSA) is 13.0 Å². The number of hydrogen-bond acceptors (Lipinski definition) is 4. The summed E-state index contributed by atoms with van der Waals surface area (Å²) in [6.45, 7) is 18.8. The maximum absolute atomic E-state index is 2.50. The van der Waals surface area contributed by atoms with Crippen molar-refractivity contribution in [3.63, 3.8) is 0 Å². The van der Waals surface area contributed by atoms with Crippen LogP contribution in [0.25, 0.3) is 0 Å². The molecule has 0 atom stereocenters. The summed E-state index contributed by atoms with van der Waals surface area (Å²) < 4.78 is 0. The molecule has 1 aliphatic heterocycles. The largest absolute Gasteiger partial charge is 0.305 e. The van der Waals surface area contributed by atoms with Gasteiger partial charge in [-0.15, -0.1) is 0 Å². The van der Waals surface area contributed by atoms with Crippen molar-refractivity contribution in [1.82, 2.24) is 19.6 Å². The fraction of sp³-hybridized carbons (Fsp3) is 1.00. The first-order valence-electron chi connectivity index (χ1n) is 8.73. The quantitative estimate of drug-likeness (QED) is 0.676. The van der Waals surface area contributed by atoms with E-state index in [2.05, 4.69) is 75.5 Å². The summed E-state index contributed by atoms with van der Waals surface area (Å²) in [7, 11) is 9.06. The van der Waals surface area contributed by atoms with Crippen molar-refractivity contribution < 1.29 is 0 Å². The molecule has 1 aliphatic rings. The molecule has 0 aromatic heterocycles. The molecule has 0 amide bonds. The van der Waals surface area contributed by atoms with Gasteiger partial charge in [0.15, 0.2) is 0 Å². The molecule has 0 saturated carbocycles. The Hall–Kier alpha value is -0.160. The third-order valence-corrected chi connectivity index (χ3v) is 4.52. The molecular weight excluding hydrogens is 272 g/mol. The Bertz CT molecular complexity index is 267. The molecule has 0 bridgehead atoms. The van der Waals surface area contributed by atoms with Crippen molar-refractivity contribution in [2.45, 2.75) is 27.7 Å². The van der Waals surface area contributed by atoms with Gasteiger partial charge >= 0.3 is 0 Å². The van der Waals surface area contributed by atoms with Crippen LogP contribution in [0.1, 0.15) is 27.7 Å². The lowest BCUT2D eigenvalue weighted by atomic mass is 9.91. The van der Waals surface area contributed by atoms with Gasteiger partial charge in [-0.2, -0.15) is 0 Å². The Morgan fingerprint density at radius 3 is 0.818 bits per heavy atom. The van der Waals surface area contributed by atoms with E-state index in [0.717, 1.165) is 52.4 Å². The van der Waals surface area contributed by atoms with E-state index in [1.807, 2.05) is 0 Å². The second-order valence-electron chi connectivity index (χ2n) is 9.28. The molecule has 0 radical (unpaired) electrons. The van der Waals surface area contributed by atoms with Gasteiger partial charge in [0.25, 0.3) is 0 Å². The highest BCUT2D eigenvalue weighted by Gasteiger charge is 2.25. The normalized spacial score (nSPS) is 28.4. The van der Waals surface area contributed by atoms with E-state index in [-0.39, 0.29) is 0 Å². The second-order valence-corrected chi connectivity index (χ2v) is 9.28. The molecule has 4 heteroatoms. The highest BCUT2D eigenvalue weighted by molar-refractivity contribution is 4.80. The molecule has 0 spiro atoms. The summed E-state index contributed by atoms with van der Waals surface area (Å²) in [5, 5.41) is 0. The van der Waals surface area contributed by atoms with Crippen LogP contribution in [-0.4, -0.2) is 100 Å². The van der Waals surface area contributed by atoms with Crippen LogP contribution >= 0.6 is 0 Å². The van der Waals surface area contributed by atoms with Crippen molar-refractivity contribution >= 4 is 0 Å². The molecule has 1 heterocycles. The third kappa shape index (κ3) is 7.91. The lowest BCUT2D eigenvalue weighted by Gasteiger charge is -2.38. The highest BCUT2D eigenvalue weighted by atomic mass is 15.2. The molecule has 0 unspecified atom stereocenters. The van der Waals surface area contributed by atoms with Gasteiger partial charge in [0.2, 0.25) is 0 Å². The molecule has 0 N–H and O–H groups in total. The van der Waals surface area contributed by atoms with Crippen LogP contribution in [0.4, 0.5) is 0 Å². The second kappa shape index (κ2) is 8.09. The van der Waals surface area contributed by atoms with Crippen LogP contribution in [0.2, 0.25) is 0 Å². The molecule has 0 aromatic carbocycles. The fourth-order valence-corrected chi connectivity index (χ4v) is 4.02. The Kier molecular flexibility index (Phi) is 7.31. The SMILES string of the molecule is CN1CCN(C)CC(C)(C)CN(C)CCN(C)CC(C)(C)C1. The summed E-state index contributed by atoms with van der Waals surface area (Å²) in [6, 6.07) is 0. The zero-order chi connectivity index (χ0) is 17.0. The van der Waals surface area contributed by atoms with Crippen LogP contribution in [0.5, 0.6) is 0 Å². The van der Waals surface area contributed by atoms with Gasteiger partial charge in [0.1, 0.15) is 0 Å². The van der Waals surface area contributed by atoms with E-state index in [1.165, 1.54) is 0 Å². The standard InChI is InChI=1S/C18H40N4/c1-17(2)13-19(5)9-11-21(7)15-18(3,4)16-22(8)12-10-20(6)14-17/h9-16H2,1-8H3. The lowest BCUT2D eigenvalue weighted by molar-refractivity contribution is 0.101. The summed E-state index contributed by atoms with van der Waals surface area (Å²) in [5.74, 6) is 0. The van der Waals surface area contributed by atoms with Gasteiger partial charge in [0, 0.05) is 52.4 Å². The van der Waals surface area contributed by atoms with Gasteiger partial charge in [-0.1, -0.05) is 27.7 Å². The number of nitrogens with zero attached hydrogens (tertiary/aromatic N) is 4. The van der Waals surface area contributed by atoms with Gasteiger partial charge in [0.05, 0.1) is 0 Å². The highest BCUT2D eigenvalue weighted by Crippen LogP contribution is 2.20. The molecule has 0 aliphatic carbocycles. The van der Waals surface area contributed by atoms with Gasteiger partial charge in [-0.3, -0.25) is 0 Å². The minimum Gasteiger partial charge on any atom is -0.305 e. The molecule has 0 aromatic rings. The first-order valence-corrected chi connectivity index (χ1v) is 8.73. The average Bonchev–Trinajstić information content (AvgIpc) is 2.30. The van der Waals surface area contributed by atoms with Gasteiger partial charge in [-0.25, -0.2) is 0 Å². The molecular formula is C18H40N4. The zero-order valence-electron chi connectivity index (χ0n) is 16.4. The van der Waals surface area contributed by atoms with Gasteiger partial charge < -0.3 is 19.6 Å². The molecule has 132 valence electrons. The van der Waals surface area contributed by atoms with Crippen LogP contribution in [-0.2, 0) is 0 Å². The van der Waals surface area contributed by atoms with Crippen LogP contribution in [0.15, 0.2) is 0 Å². The van der Waals surface area contributed by atoms with E-state index in [4.69, 9.17) is 0 Å². The molecule has 1 rings (SSSR count). The Labute approximate surface area is 139 Å². The van der Waals surface area contributed by atoms with Crippen LogP contribution < -0.4 is 0 Å². The lowest BCUT2D eigenvalue weighted by Crippen LogP contribution is -2.47. The van der Waals surface area contributed by atoms with E-state index in [0.29, 0.717) is 10.8 Å². The summed E-state index contributed by atoms with van der Waals surface area (Å²) in [6.07, 6.45) is 0. The summed E-state index contributed by atoms with van der Waals surface area (Å²) in [4.78, 5) is 9.98. The Morgan fingerprint density at radius 2 is 0.636 bits per heavy atom. The van der Waals surface area contributed by atoms with Crippen molar-refractivity contribution in [1.29, 1.82) is 0 Å². The Morgan fingerprint density at radius 1 is 0.455 bits per heavy atom. The van der Waals surface area contributed by atoms with E-state index < -0.39 is 0 Å². The minimum atomic E-state index is 0.337. The first-order chi connectivity index (χ1) is 9.99. The van der Waals surface area contributed by atoms with Crippen molar-refractivity contribution in [3.05, 3.63) is 0 Å². The monoisotopic (exact) mass is 312 g/mol. The maximum atomic E-state index is 2.50. The van der Waals surface area contributed by atoms with Crippen LogP contribution in [0, 0.1) is 10.8 Å². The summed E-state index contributed by atoms with van der Waals surface area (Å²) in [5.41, 5.74) is 0.675. The van der Waals surface area contributed by atoms with Crippen molar-refractivity contribution in [3.8, 4) is 0 Å². The first kappa shape index (κ1) is 19.9. The fourth-order valence-electron chi connectivity index (χ4n) is 4.02. The van der Waals surface area contributed by atoms with E-state index in [9.17, 15) is 0 Å². The Balaban J connectivity index is 2.74. The third-order valence-electron chi connectivity index (χ3n) is 4.52. The number of rotatable bonds is 0. The van der Waals surface area contributed by atoms with E-state index >= 15 is 0 Å². The minimum absolute atomic E-state index is 0.337. The average molecular weight is 313 g/mol. The smallest absolute Gasteiger partial charge is 0.0106 e. The molecule has 22 heavy (non-hydrogen) atoms. The zero-order valence-corrected chi connectivity index (χ0v) is 16.4. The maximum Gasteiger partial charge on any atom is 0.0106 e. The molecule has 1 fully saturated rings. The van der Waals surface area contributed by atoms with Crippen molar-refractivity contribution in [2.75, 3.05) is 80.5 Å². The van der Waals surface area contributed by atoms with Crippen molar-refractivity contribution in [2.24, 2.45) is 10.8 Å². The van der Waals surface area contributed by atoms with Gasteiger partial charge in [-0.05, 0) is 39.0 Å². The predicted octanol–water partition coefficient (Wildman–Crippen LogP) is 1.78. The molecule has 1 saturated heterocycles. The number of hydrogen-bond donors (Lipinski definition) is 0. The van der Waals surface area contributed by atoms with Crippen LogP contribution in [0.3, 0.4) is 0 Å². The molecule has 4 nitrogen and oxygen atoms in total.